The van der Waals surface area contributed by atoms with Crippen LogP contribution < -0.4 is 10.5 Å². The van der Waals surface area contributed by atoms with E-state index in [2.05, 4.69) is 19.1 Å². The third-order valence-corrected chi connectivity index (χ3v) is 3.39. The number of aryl methyl sites for hydroxylation is 1. The average Bonchev–Trinajstić information content (AvgIpc) is 2.46. The lowest BCUT2D eigenvalue weighted by Crippen LogP contribution is -2.13. The zero-order chi connectivity index (χ0) is 11.5. The summed E-state index contributed by atoms with van der Waals surface area (Å²) < 4.78 is 5.71. The van der Waals surface area contributed by atoms with Crippen molar-refractivity contribution in [3.63, 3.8) is 0 Å². The smallest absolute Gasteiger partial charge is 0.122 e. The fourth-order valence-corrected chi connectivity index (χ4v) is 2.64. The van der Waals surface area contributed by atoms with Gasteiger partial charge in [-0.3, -0.25) is 0 Å². The van der Waals surface area contributed by atoms with Crippen molar-refractivity contribution >= 4 is 0 Å². The van der Waals surface area contributed by atoms with E-state index in [-0.39, 0.29) is 6.04 Å². The molecule has 1 aromatic rings. The van der Waals surface area contributed by atoms with Gasteiger partial charge in [-0.25, -0.2) is 0 Å². The van der Waals surface area contributed by atoms with Gasteiger partial charge in [0.05, 0.1) is 6.61 Å². The van der Waals surface area contributed by atoms with Crippen LogP contribution in [0.3, 0.4) is 0 Å². The van der Waals surface area contributed by atoms with Gasteiger partial charge >= 0.3 is 0 Å². The van der Waals surface area contributed by atoms with E-state index in [1.165, 1.54) is 29.5 Å². The molecule has 1 aliphatic carbocycles. The third-order valence-electron chi connectivity index (χ3n) is 3.39. The normalized spacial score (nSPS) is 20.1. The summed E-state index contributed by atoms with van der Waals surface area (Å²) in [6.45, 7) is 4.91. The third kappa shape index (κ3) is 2.07. The predicted octanol–water partition coefficient (Wildman–Crippen LogP) is 3.12. The maximum atomic E-state index is 6.26. The molecule has 0 heterocycles. The van der Waals surface area contributed by atoms with Crippen LogP contribution in [0.4, 0.5) is 0 Å². The summed E-state index contributed by atoms with van der Waals surface area (Å²) in [6, 6.07) is 4.42. The standard InChI is InChI=1S/C14H21NO/c1-3-16-13-9-8-10(2)14-11(13)6-4-5-7-12(14)15/h8-9,12H,3-7,15H2,1-2H3/t12-/m0/s1. The Hall–Kier alpha value is -1.02. The molecule has 1 aliphatic rings. The van der Waals surface area contributed by atoms with E-state index in [1.807, 2.05) is 6.92 Å². The van der Waals surface area contributed by atoms with Crippen molar-refractivity contribution in [1.29, 1.82) is 0 Å². The van der Waals surface area contributed by atoms with Crippen LogP contribution in [0.25, 0.3) is 0 Å². The molecule has 2 nitrogen and oxygen atoms in total. The number of ether oxygens (including phenoxy) is 1. The number of rotatable bonds is 2. The predicted molar refractivity (Wildman–Crippen MR) is 66.8 cm³/mol. The van der Waals surface area contributed by atoms with Crippen LogP contribution in [-0.4, -0.2) is 6.61 Å². The fraction of sp³-hybridized carbons (Fsp3) is 0.571. The van der Waals surface area contributed by atoms with Crippen LogP contribution in [0.2, 0.25) is 0 Å². The highest BCUT2D eigenvalue weighted by Gasteiger charge is 2.20. The highest BCUT2D eigenvalue weighted by molar-refractivity contribution is 5.47. The van der Waals surface area contributed by atoms with Crippen LogP contribution in [0.5, 0.6) is 5.75 Å². The molecule has 2 rings (SSSR count). The Morgan fingerprint density at radius 2 is 2.19 bits per heavy atom. The van der Waals surface area contributed by atoms with Gasteiger partial charge in [0.15, 0.2) is 0 Å². The number of hydrogen-bond acceptors (Lipinski definition) is 2. The molecule has 0 saturated heterocycles. The van der Waals surface area contributed by atoms with E-state index in [1.54, 1.807) is 0 Å². The van der Waals surface area contributed by atoms with Crippen molar-refractivity contribution in [2.24, 2.45) is 5.73 Å². The molecule has 2 heteroatoms. The first-order chi connectivity index (χ1) is 7.74. The average molecular weight is 219 g/mol. The molecule has 1 aromatic carbocycles. The zero-order valence-electron chi connectivity index (χ0n) is 10.3. The molecule has 16 heavy (non-hydrogen) atoms. The molecular weight excluding hydrogens is 198 g/mol. The Morgan fingerprint density at radius 1 is 1.38 bits per heavy atom. The van der Waals surface area contributed by atoms with Gasteiger partial charge in [-0.2, -0.15) is 0 Å². The minimum absolute atomic E-state index is 0.193. The second-order valence-corrected chi connectivity index (χ2v) is 4.56. The summed E-state index contributed by atoms with van der Waals surface area (Å²) in [5.41, 5.74) is 10.3. The lowest BCUT2D eigenvalue weighted by atomic mass is 9.94. The van der Waals surface area contributed by atoms with Crippen molar-refractivity contribution in [2.75, 3.05) is 6.61 Å². The summed E-state index contributed by atoms with van der Waals surface area (Å²) in [5, 5.41) is 0. The fourth-order valence-electron chi connectivity index (χ4n) is 2.64. The van der Waals surface area contributed by atoms with Gasteiger partial charge in [0.2, 0.25) is 0 Å². The van der Waals surface area contributed by atoms with Gasteiger partial charge in [0, 0.05) is 6.04 Å². The van der Waals surface area contributed by atoms with Crippen LogP contribution in [0.15, 0.2) is 12.1 Å². The summed E-state index contributed by atoms with van der Waals surface area (Å²) in [6.07, 6.45) is 4.66. The van der Waals surface area contributed by atoms with Gasteiger partial charge in [-0.1, -0.05) is 12.5 Å². The van der Waals surface area contributed by atoms with Gasteiger partial charge in [0.25, 0.3) is 0 Å². The van der Waals surface area contributed by atoms with Gasteiger partial charge in [-0.05, 0) is 55.9 Å². The summed E-state index contributed by atoms with van der Waals surface area (Å²) in [5.74, 6) is 1.04. The van der Waals surface area contributed by atoms with Crippen LogP contribution in [0.1, 0.15) is 48.9 Å². The second-order valence-electron chi connectivity index (χ2n) is 4.56. The second kappa shape index (κ2) is 4.88. The minimum atomic E-state index is 0.193. The molecule has 0 aliphatic heterocycles. The molecule has 0 fully saturated rings. The molecule has 88 valence electrons. The minimum Gasteiger partial charge on any atom is -0.494 e. The molecule has 0 bridgehead atoms. The SMILES string of the molecule is CCOc1ccc(C)c2c1CCCC[C@@H]2N. The first-order valence-corrected chi connectivity index (χ1v) is 6.24. The Balaban J connectivity index is 2.48. The molecular formula is C14H21NO. The molecule has 0 aromatic heterocycles. The van der Waals surface area contributed by atoms with Crippen LogP contribution >= 0.6 is 0 Å². The van der Waals surface area contributed by atoms with E-state index in [0.717, 1.165) is 25.2 Å². The maximum absolute atomic E-state index is 6.26. The highest BCUT2D eigenvalue weighted by Crippen LogP contribution is 2.35. The Bertz CT molecular complexity index is 373. The quantitative estimate of drug-likeness (QED) is 0.776. The first-order valence-electron chi connectivity index (χ1n) is 6.24. The Morgan fingerprint density at radius 3 is 2.94 bits per heavy atom. The largest absolute Gasteiger partial charge is 0.494 e. The molecule has 0 saturated carbocycles. The number of benzene rings is 1. The van der Waals surface area contributed by atoms with E-state index in [0.29, 0.717) is 0 Å². The van der Waals surface area contributed by atoms with Crippen molar-refractivity contribution in [3.05, 3.63) is 28.8 Å². The number of hydrogen-bond donors (Lipinski definition) is 1. The first kappa shape index (κ1) is 11.5. The van der Waals surface area contributed by atoms with E-state index >= 15 is 0 Å². The molecule has 0 spiro atoms. The van der Waals surface area contributed by atoms with Gasteiger partial charge in [0.1, 0.15) is 5.75 Å². The lowest BCUT2D eigenvalue weighted by Gasteiger charge is -2.19. The monoisotopic (exact) mass is 219 g/mol. The van der Waals surface area contributed by atoms with Crippen molar-refractivity contribution in [3.8, 4) is 5.75 Å². The molecule has 1 atom stereocenters. The Kier molecular flexibility index (Phi) is 3.49. The van der Waals surface area contributed by atoms with E-state index in [4.69, 9.17) is 10.5 Å². The van der Waals surface area contributed by atoms with Crippen molar-refractivity contribution in [2.45, 2.75) is 45.6 Å². The van der Waals surface area contributed by atoms with E-state index < -0.39 is 0 Å². The zero-order valence-corrected chi connectivity index (χ0v) is 10.3. The van der Waals surface area contributed by atoms with Crippen molar-refractivity contribution in [1.82, 2.24) is 0 Å². The number of nitrogens with two attached hydrogens (primary N) is 1. The topological polar surface area (TPSA) is 35.2 Å². The van der Waals surface area contributed by atoms with Crippen LogP contribution in [0, 0.1) is 6.92 Å². The van der Waals surface area contributed by atoms with Crippen molar-refractivity contribution < 1.29 is 4.74 Å². The van der Waals surface area contributed by atoms with Gasteiger partial charge < -0.3 is 10.5 Å². The Labute approximate surface area is 97.8 Å². The summed E-state index contributed by atoms with van der Waals surface area (Å²) >= 11 is 0. The van der Waals surface area contributed by atoms with Gasteiger partial charge in [-0.15, -0.1) is 0 Å². The van der Waals surface area contributed by atoms with Crippen LogP contribution in [-0.2, 0) is 6.42 Å². The maximum Gasteiger partial charge on any atom is 0.122 e. The molecule has 0 radical (unpaired) electrons. The van der Waals surface area contributed by atoms with E-state index in [9.17, 15) is 0 Å². The molecule has 2 N–H and O–H groups in total. The lowest BCUT2D eigenvalue weighted by molar-refractivity contribution is 0.336. The summed E-state index contributed by atoms with van der Waals surface area (Å²) in [4.78, 5) is 0. The highest BCUT2D eigenvalue weighted by atomic mass is 16.5. The molecule has 0 amide bonds. The number of fused-ring (bicyclic) bond motifs is 1. The summed E-state index contributed by atoms with van der Waals surface area (Å²) in [7, 11) is 0. The molecule has 0 unspecified atom stereocenters.